The third-order valence-electron chi connectivity index (χ3n) is 5.65. The number of carbonyl (C=O) groups excluding carboxylic acids is 2. The van der Waals surface area contributed by atoms with Crippen molar-refractivity contribution in [3.63, 3.8) is 0 Å². The van der Waals surface area contributed by atoms with Crippen LogP contribution in [0.5, 0.6) is 0 Å². The lowest BCUT2D eigenvalue weighted by molar-refractivity contribution is -0.128. The summed E-state index contributed by atoms with van der Waals surface area (Å²) in [5.74, 6) is 0.0245. The molecule has 1 saturated heterocycles. The van der Waals surface area contributed by atoms with Crippen molar-refractivity contribution in [2.45, 2.75) is 70.3 Å². The molecule has 1 aliphatic carbocycles. The summed E-state index contributed by atoms with van der Waals surface area (Å²) in [4.78, 5) is 36.7. The summed E-state index contributed by atoms with van der Waals surface area (Å²) in [7, 11) is 0. The van der Waals surface area contributed by atoms with Crippen molar-refractivity contribution >= 4 is 29.4 Å². The lowest BCUT2D eigenvalue weighted by atomic mass is 9.80. The standard InChI is InChI=1S/C20H30ClN5O2/c1-2-3-11-22-18(28)20(9-5-4-6-10-20)25-17(27)16-15(21)14-23-19(24-16)26-12-7-8-13-26/h14H,2-13H2,1H3,(H,22,28)(H,25,27). The van der Waals surface area contributed by atoms with Gasteiger partial charge in [0, 0.05) is 19.6 Å². The SMILES string of the molecule is CCCCNC(=O)C1(NC(=O)c2nc(N3CCCC3)ncc2Cl)CCCCC1. The van der Waals surface area contributed by atoms with Crippen LogP contribution in [-0.2, 0) is 4.79 Å². The van der Waals surface area contributed by atoms with Gasteiger partial charge in [0.1, 0.15) is 5.54 Å². The molecule has 1 aromatic heterocycles. The normalized spacial score (nSPS) is 18.7. The van der Waals surface area contributed by atoms with E-state index < -0.39 is 11.4 Å². The smallest absolute Gasteiger partial charge is 0.272 e. The molecule has 0 aromatic carbocycles. The Hall–Kier alpha value is -1.89. The monoisotopic (exact) mass is 407 g/mol. The zero-order valence-electron chi connectivity index (χ0n) is 16.6. The number of hydrogen-bond donors (Lipinski definition) is 2. The molecule has 2 heterocycles. The first-order valence-electron chi connectivity index (χ1n) is 10.4. The molecule has 28 heavy (non-hydrogen) atoms. The summed E-state index contributed by atoms with van der Waals surface area (Å²) in [6.45, 7) is 4.47. The van der Waals surface area contributed by atoms with Crippen molar-refractivity contribution < 1.29 is 9.59 Å². The molecular formula is C20H30ClN5O2. The highest BCUT2D eigenvalue weighted by Gasteiger charge is 2.41. The van der Waals surface area contributed by atoms with Crippen molar-refractivity contribution in [1.29, 1.82) is 0 Å². The van der Waals surface area contributed by atoms with E-state index in [1.807, 2.05) is 0 Å². The Morgan fingerprint density at radius 1 is 1.18 bits per heavy atom. The predicted molar refractivity (Wildman–Crippen MR) is 110 cm³/mol. The molecule has 154 valence electrons. The van der Waals surface area contributed by atoms with E-state index in [1.165, 1.54) is 6.20 Å². The van der Waals surface area contributed by atoms with Crippen molar-refractivity contribution in [1.82, 2.24) is 20.6 Å². The van der Waals surface area contributed by atoms with Gasteiger partial charge in [-0.3, -0.25) is 9.59 Å². The fourth-order valence-corrected chi connectivity index (χ4v) is 4.15. The fraction of sp³-hybridized carbons (Fsp3) is 0.700. The second kappa shape index (κ2) is 9.54. The molecule has 1 aliphatic heterocycles. The van der Waals surface area contributed by atoms with E-state index in [0.717, 1.165) is 58.0 Å². The van der Waals surface area contributed by atoms with Gasteiger partial charge in [-0.05, 0) is 32.1 Å². The number of halogens is 1. The van der Waals surface area contributed by atoms with Gasteiger partial charge in [-0.15, -0.1) is 0 Å². The number of carbonyl (C=O) groups is 2. The molecule has 8 heteroatoms. The Bertz CT molecular complexity index is 700. The van der Waals surface area contributed by atoms with E-state index in [1.54, 1.807) is 0 Å². The van der Waals surface area contributed by atoms with Crippen LogP contribution in [0.25, 0.3) is 0 Å². The lowest BCUT2D eigenvalue weighted by Crippen LogP contribution is -2.60. The van der Waals surface area contributed by atoms with Crippen LogP contribution in [0.2, 0.25) is 5.02 Å². The van der Waals surface area contributed by atoms with E-state index in [0.29, 0.717) is 25.3 Å². The number of amides is 2. The second-order valence-corrected chi connectivity index (χ2v) is 8.17. The summed E-state index contributed by atoms with van der Waals surface area (Å²) < 4.78 is 0. The Balaban J connectivity index is 1.78. The minimum Gasteiger partial charge on any atom is -0.354 e. The van der Waals surface area contributed by atoms with E-state index in [4.69, 9.17) is 11.6 Å². The van der Waals surface area contributed by atoms with Crippen LogP contribution in [0.1, 0.15) is 75.2 Å². The molecule has 0 unspecified atom stereocenters. The molecule has 2 N–H and O–H groups in total. The number of nitrogens with zero attached hydrogens (tertiary/aromatic N) is 3. The van der Waals surface area contributed by atoms with Crippen LogP contribution in [0.3, 0.4) is 0 Å². The van der Waals surface area contributed by atoms with Gasteiger partial charge < -0.3 is 15.5 Å². The summed E-state index contributed by atoms with van der Waals surface area (Å²) in [6.07, 6.45) is 9.78. The highest BCUT2D eigenvalue weighted by Crippen LogP contribution is 2.29. The van der Waals surface area contributed by atoms with Crippen LogP contribution < -0.4 is 15.5 Å². The summed E-state index contributed by atoms with van der Waals surface area (Å²) in [5, 5.41) is 6.19. The molecule has 2 aliphatic rings. The molecule has 3 rings (SSSR count). The molecule has 0 atom stereocenters. The quantitative estimate of drug-likeness (QED) is 0.678. The Kier molecular flexibility index (Phi) is 7.10. The first-order chi connectivity index (χ1) is 13.6. The average Bonchev–Trinajstić information content (AvgIpc) is 3.24. The number of nitrogens with one attached hydrogen (secondary N) is 2. The fourth-order valence-electron chi connectivity index (χ4n) is 3.98. The van der Waals surface area contributed by atoms with E-state index >= 15 is 0 Å². The van der Waals surface area contributed by atoms with Crippen LogP contribution >= 0.6 is 11.6 Å². The average molecular weight is 408 g/mol. The highest BCUT2D eigenvalue weighted by atomic mass is 35.5. The van der Waals surface area contributed by atoms with Gasteiger partial charge in [-0.1, -0.05) is 44.2 Å². The first kappa shape index (κ1) is 20.8. The molecule has 0 radical (unpaired) electrons. The van der Waals surface area contributed by atoms with Crippen LogP contribution in [0.4, 0.5) is 5.95 Å². The van der Waals surface area contributed by atoms with E-state index in [-0.39, 0.29) is 16.6 Å². The first-order valence-corrected chi connectivity index (χ1v) is 10.8. The topological polar surface area (TPSA) is 87.2 Å². The van der Waals surface area contributed by atoms with E-state index in [9.17, 15) is 9.59 Å². The molecule has 1 saturated carbocycles. The maximum absolute atomic E-state index is 13.1. The van der Waals surface area contributed by atoms with Gasteiger partial charge in [0.05, 0.1) is 11.2 Å². The van der Waals surface area contributed by atoms with Crippen LogP contribution in [-0.4, -0.2) is 47.0 Å². The van der Waals surface area contributed by atoms with Crippen LogP contribution in [0, 0.1) is 0 Å². The number of anilines is 1. The summed E-state index contributed by atoms with van der Waals surface area (Å²) >= 11 is 6.24. The number of unbranched alkanes of at least 4 members (excludes halogenated alkanes) is 1. The Labute approximate surface area is 171 Å². The second-order valence-electron chi connectivity index (χ2n) is 7.77. The highest BCUT2D eigenvalue weighted by molar-refractivity contribution is 6.33. The summed E-state index contributed by atoms with van der Waals surface area (Å²) in [5.41, 5.74) is -0.740. The van der Waals surface area contributed by atoms with E-state index in [2.05, 4.69) is 32.4 Å². The third kappa shape index (κ3) is 4.74. The lowest BCUT2D eigenvalue weighted by Gasteiger charge is -2.36. The largest absolute Gasteiger partial charge is 0.354 e. The third-order valence-corrected chi connectivity index (χ3v) is 5.92. The zero-order valence-corrected chi connectivity index (χ0v) is 17.4. The molecule has 0 spiro atoms. The molecule has 1 aromatic rings. The van der Waals surface area contributed by atoms with Crippen molar-refractivity contribution in [3.8, 4) is 0 Å². The maximum Gasteiger partial charge on any atom is 0.272 e. The molecule has 0 bridgehead atoms. The summed E-state index contributed by atoms with van der Waals surface area (Å²) in [6, 6.07) is 0. The molecule has 2 amide bonds. The van der Waals surface area contributed by atoms with Gasteiger partial charge in [-0.25, -0.2) is 9.97 Å². The minimum atomic E-state index is -0.884. The van der Waals surface area contributed by atoms with Gasteiger partial charge in [-0.2, -0.15) is 0 Å². The van der Waals surface area contributed by atoms with Crippen LogP contribution in [0.15, 0.2) is 6.20 Å². The molecule has 7 nitrogen and oxygen atoms in total. The maximum atomic E-state index is 13.1. The van der Waals surface area contributed by atoms with Gasteiger partial charge >= 0.3 is 0 Å². The van der Waals surface area contributed by atoms with Gasteiger partial charge in [0.15, 0.2) is 5.69 Å². The number of hydrogen-bond acceptors (Lipinski definition) is 5. The van der Waals surface area contributed by atoms with Gasteiger partial charge in [0.2, 0.25) is 11.9 Å². The van der Waals surface area contributed by atoms with Crippen molar-refractivity contribution in [3.05, 3.63) is 16.9 Å². The molecule has 2 fully saturated rings. The van der Waals surface area contributed by atoms with Crippen molar-refractivity contribution in [2.24, 2.45) is 0 Å². The Morgan fingerprint density at radius 3 is 2.57 bits per heavy atom. The van der Waals surface area contributed by atoms with Gasteiger partial charge in [0.25, 0.3) is 5.91 Å². The predicted octanol–water partition coefficient (Wildman–Crippen LogP) is 3.08. The number of aromatic nitrogens is 2. The minimum absolute atomic E-state index is 0.0982. The van der Waals surface area contributed by atoms with Crippen molar-refractivity contribution in [2.75, 3.05) is 24.5 Å². The zero-order chi connectivity index (χ0) is 20.0. The Morgan fingerprint density at radius 2 is 1.89 bits per heavy atom. The number of rotatable bonds is 7. The molecular weight excluding hydrogens is 378 g/mol.